The van der Waals surface area contributed by atoms with E-state index in [0.29, 0.717) is 36.7 Å². The highest BCUT2D eigenvalue weighted by Crippen LogP contribution is 2.47. The molecule has 0 saturated heterocycles. The molecule has 1 saturated carbocycles. The summed E-state index contributed by atoms with van der Waals surface area (Å²) in [6.07, 6.45) is 4.18. The molecular weight excluding hydrogens is 313 g/mol. The first-order valence-electron chi connectivity index (χ1n) is 7.43. The summed E-state index contributed by atoms with van der Waals surface area (Å²) in [5.41, 5.74) is 5.23. The van der Waals surface area contributed by atoms with Gasteiger partial charge in [-0.05, 0) is 31.0 Å². The molecule has 0 unspecified atom stereocenters. The molecule has 24 heavy (non-hydrogen) atoms. The number of hydrogen-bond acceptors (Lipinski definition) is 5. The van der Waals surface area contributed by atoms with Crippen molar-refractivity contribution in [3.8, 4) is 5.69 Å². The number of carbonyl (C=O) groups excluding carboxylic acids is 1. The Balaban J connectivity index is 1.81. The van der Waals surface area contributed by atoms with Crippen LogP contribution < -0.4 is 5.73 Å². The van der Waals surface area contributed by atoms with Crippen LogP contribution in [0.1, 0.15) is 24.5 Å². The molecule has 1 aliphatic rings. The second-order valence-corrected chi connectivity index (χ2v) is 5.78. The summed E-state index contributed by atoms with van der Waals surface area (Å²) in [4.78, 5) is 20.3. The van der Waals surface area contributed by atoms with E-state index in [9.17, 15) is 9.18 Å². The minimum absolute atomic E-state index is 0.296. The highest BCUT2D eigenvalue weighted by Gasteiger charge is 2.54. The fourth-order valence-corrected chi connectivity index (χ4v) is 2.68. The molecule has 0 aliphatic heterocycles. The van der Waals surface area contributed by atoms with E-state index in [-0.39, 0.29) is 0 Å². The molecule has 4 rings (SSSR count). The van der Waals surface area contributed by atoms with Gasteiger partial charge in [0.05, 0.1) is 5.69 Å². The van der Waals surface area contributed by atoms with Crippen LogP contribution >= 0.6 is 0 Å². The second kappa shape index (κ2) is 5.22. The normalized spacial score (nSPS) is 15.4. The van der Waals surface area contributed by atoms with Crippen LogP contribution in [-0.2, 0) is 16.8 Å². The van der Waals surface area contributed by atoms with Crippen LogP contribution in [0, 0.1) is 5.82 Å². The lowest BCUT2D eigenvalue weighted by atomic mass is 10.1. The smallest absolute Gasteiger partial charge is 0.231 e. The maximum Gasteiger partial charge on any atom is 0.231 e. The molecule has 2 aromatic heterocycles. The van der Waals surface area contributed by atoms with Gasteiger partial charge in [0.25, 0.3) is 0 Å². The van der Waals surface area contributed by atoms with Crippen molar-refractivity contribution in [3.05, 3.63) is 54.4 Å². The average molecular weight is 327 g/mol. The van der Waals surface area contributed by atoms with Crippen LogP contribution in [0.15, 0.2) is 36.9 Å². The van der Waals surface area contributed by atoms with E-state index in [0.717, 1.165) is 0 Å². The first kappa shape index (κ1) is 14.5. The summed E-state index contributed by atoms with van der Waals surface area (Å²) in [5.74, 6) is 0.0542. The summed E-state index contributed by atoms with van der Waals surface area (Å²) in [6, 6.07) is 5.97. The first-order valence-corrected chi connectivity index (χ1v) is 7.43. The maximum atomic E-state index is 13.6. The van der Waals surface area contributed by atoms with Crippen LogP contribution in [-0.4, -0.2) is 35.4 Å². The Hall–Kier alpha value is -3.10. The van der Waals surface area contributed by atoms with Crippen molar-refractivity contribution in [2.75, 3.05) is 0 Å². The maximum absolute atomic E-state index is 13.6. The molecule has 0 bridgehead atoms. The highest BCUT2D eigenvalue weighted by atomic mass is 19.1. The number of benzene rings is 1. The largest absolute Gasteiger partial charge is 0.369 e. The van der Waals surface area contributed by atoms with E-state index in [1.54, 1.807) is 23.1 Å². The fraction of sp³-hybridized carbons (Fsp3) is 0.267. The van der Waals surface area contributed by atoms with Gasteiger partial charge in [0.2, 0.25) is 5.91 Å². The number of hydrogen-bond donors (Lipinski definition) is 1. The predicted octanol–water partition coefficient (Wildman–Crippen LogP) is 0.563. The molecule has 1 fully saturated rings. The zero-order chi connectivity index (χ0) is 16.7. The molecule has 8 nitrogen and oxygen atoms in total. The average Bonchev–Trinajstić information content (AvgIpc) is 3.01. The van der Waals surface area contributed by atoms with Crippen molar-refractivity contribution >= 4 is 5.91 Å². The number of carbonyl (C=O) groups is 1. The van der Waals surface area contributed by atoms with E-state index >= 15 is 0 Å². The van der Waals surface area contributed by atoms with Gasteiger partial charge < -0.3 is 5.73 Å². The lowest BCUT2D eigenvalue weighted by Gasteiger charge is -2.12. The SMILES string of the molecule is NC(=O)C1(c2nc(Cn3cncn3)nn2-c2cccc(F)c2)CC1. The van der Waals surface area contributed by atoms with Gasteiger partial charge in [-0.2, -0.15) is 5.10 Å². The Kier molecular flexibility index (Phi) is 3.15. The van der Waals surface area contributed by atoms with Crippen LogP contribution in [0.5, 0.6) is 0 Å². The highest BCUT2D eigenvalue weighted by molar-refractivity contribution is 5.89. The third-order valence-electron chi connectivity index (χ3n) is 4.12. The molecule has 1 aromatic carbocycles. The minimum Gasteiger partial charge on any atom is -0.369 e. The number of aromatic nitrogens is 6. The lowest BCUT2D eigenvalue weighted by molar-refractivity contribution is -0.120. The van der Waals surface area contributed by atoms with Crippen LogP contribution in [0.4, 0.5) is 4.39 Å². The van der Waals surface area contributed by atoms with Crippen molar-refractivity contribution in [3.63, 3.8) is 0 Å². The van der Waals surface area contributed by atoms with E-state index < -0.39 is 17.1 Å². The molecule has 2 heterocycles. The quantitative estimate of drug-likeness (QED) is 0.737. The molecule has 122 valence electrons. The van der Waals surface area contributed by atoms with Gasteiger partial charge in [-0.1, -0.05) is 6.07 Å². The number of halogens is 1. The molecule has 1 aliphatic carbocycles. The summed E-state index contributed by atoms with van der Waals surface area (Å²) in [5, 5.41) is 8.44. The number of nitrogens with zero attached hydrogens (tertiary/aromatic N) is 6. The Labute approximate surface area is 136 Å². The predicted molar refractivity (Wildman–Crippen MR) is 80.5 cm³/mol. The molecule has 1 amide bonds. The standard InChI is InChI=1S/C15H14FN7O/c16-10-2-1-3-11(6-10)23-14(15(4-5-15)13(17)24)20-12(21-23)7-22-9-18-8-19-22/h1-3,6,8-9H,4-5,7H2,(H2,17,24). The third-order valence-corrected chi connectivity index (χ3v) is 4.12. The summed E-state index contributed by atoms with van der Waals surface area (Å²) < 4.78 is 16.7. The van der Waals surface area contributed by atoms with Crippen LogP contribution in [0.3, 0.4) is 0 Å². The monoisotopic (exact) mass is 327 g/mol. The van der Waals surface area contributed by atoms with Gasteiger partial charge in [-0.15, -0.1) is 5.10 Å². The fourth-order valence-electron chi connectivity index (χ4n) is 2.68. The Bertz CT molecular complexity index is 898. The number of nitrogens with two attached hydrogens (primary N) is 1. The van der Waals surface area contributed by atoms with Crippen molar-refractivity contribution in [2.45, 2.75) is 24.8 Å². The van der Waals surface area contributed by atoms with Crippen LogP contribution in [0.25, 0.3) is 5.69 Å². The Morgan fingerprint density at radius 1 is 1.38 bits per heavy atom. The van der Waals surface area contributed by atoms with Crippen molar-refractivity contribution in [2.24, 2.45) is 5.73 Å². The number of primary amides is 1. The van der Waals surface area contributed by atoms with Crippen molar-refractivity contribution < 1.29 is 9.18 Å². The summed E-state index contributed by atoms with van der Waals surface area (Å²) in [7, 11) is 0. The minimum atomic E-state index is -0.833. The van der Waals surface area contributed by atoms with E-state index in [1.807, 2.05) is 0 Å². The summed E-state index contributed by atoms with van der Waals surface area (Å²) in [6.45, 7) is 0.296. The Morgan fingerprint density at radius 2 is 2.21 bits per heavy atom. The molecule has 2 N–H and O–H groups in total. The molecule has 9 heteroatoms. The lowest BCUT2D eigenvalue weighted by Crippen LogP contribution is -2.31. The van der Waals surface area contributed by atoms with E-state index in [1.165, 1.54) is 23.1 Å². The van der Waals surface area contributed by atoms with Gasteiger partial charge in [0, 0.05) is 0 Å². The number of amides is 1. The number of rotatable bonds is 5. The first-order chi connectivity index (χ1) is 11.6. The summed E-state index contributed by atoms with van der Waals surface area (Å²) >= 11 is 0. The molecule has 0 radical (unpaired) electrons. The third kappa shape index (κ3) is 2.34. The van der Waals surface area contributed by atoms with Gasteiger partial charge in [-0.25, -0.2) is 23.7 Å². The molecule has 0 atom stereocenters. The Morgan fingerprint density at radius 3 is 2.83 bits per heavy atom. The van der Waals surface area contributed by atoms with E-state index in [2.05, 4.69) is 20.2 Å². The van der Waals surface area contributed by atoms with Crippen LogP contribution in [0.2, 0.25) is 0 Å². The van der Waals surface area contributed by atoms with Gasteiger partial charge in [0.1, 0.15) is 36.3 Å². The van der Waals surface area contributed by atoms with Crippen molar-refractivity contribution in [1.29, 1.82) is 0 Å². The van der Waals surface area contributed by atoms with Gasteiger partial charge >= 0.3 is 0 Å². The molecule has 0 spiro atoms. The van der Waals surface area contributed by atoms with E-state index in [4.69, 9.17) is 5.73 Å². The topological polar surface area (TPSA) is 105 Å². The van der Waals surface area contributed by atoms with Gasteiger partial charge in [-0.3, -0.25) is 4.79 Å². The molecule has 3 aromatic rings. The van der Waals surface area contributed by atoms with Gasteiger partial charge in [0.15, 0.2) is 5.82 Å². The molecular formula is C15H14FN7O. The zero-order valence-electron chi connectivity index (χ0n) is 12.6. The second-order valence-electron chi connectivity index (χ2n) is 5.78. The zero-order valence-corrected chi connectivity index (χ0v) is 12.6. The van der Waals surface area contributed by atoms with Crippen molar-refractivity contribution in [1.82, 2.24) is 29.5 Å².